The minimum Gasteiger partial charge on any atom is -0.476 e. The molecule has 0 atom stereocenters. The van der Waals surface area contributed by atoms with Gasteiger partial charge in [-0.1, -0.05) is 11.3 Å². The number of halogens is 1. The molecule has 0 spiro atoms. The summed E-state index contributed by atoms with van der Waals surface area (Å²) in [6.45, 7) is 1.81. The molecule has 3 rings (SSSR count). The molecule has 0 aliphatic rings. The standard InChI is InChI=1S/C15H11FN4O2/c1-9-2-3-11(16)12(8-9)20-14(10-4-6-17-7-5-10)13(15(21)22)18-19-20/h2-8H,1H3,(H,21,22). The van der Waals surface area contributed by atoms with Gasteiger partial charge in [-0.15, -0.1) is 5.10 Å². The number of hydrogen-bond acceptors (Lipinski definition) is 4. The predicted molar refractivity (Wildman–Crippen MR) is 76.2 cm³/mol. The number of benzene rings is 1. The maximum absolute atomic E-state index is 14.1. The van der Waals surface area contributed by atoms with Gasteiger partial charge in [-0.25, -0.2) is 13.9 Å². The molecule has 1 N–H and O–H groups in total. The summed E-state index contributed by atoms with van der Waals surface area (Å²) in [5.74, 6) is -1.74. The van der Waals surface area contributed by atoms with Crippen molar-refractivity contribution in [3.63, 3.8) is 0 Å². The highest BCUT2D eigenvalue weighted by Crippen LogP contribution is 2.26. The molecule has 0 radical (unpaired) electrons. The molecule has 0 unspecified atom stereocenters. The molecule has 22 heavy (non-hydrogen) atoms. The van der Waals surface area contributed by atoms with Crippen molar-refractivity contribution in [3.8, 4) is 16.9 Å². The molecule has 0 aliphatic heterocycles. The van der Waals surface area contributed by atoms with Gasteiger partial charge < -0.3 is 5.11 Å². The first-order chi connectivity index (χ1) is 10.6. The fraction of sp³-hybridized carbons (Fsp3) is 0.0667. The molecule has 0 amide bonds. The zero-order valence-electron chi connectivity index (χ0n) is 11.6. The van der Waals surface area contributed by atoms with Crippen LogP contribution in [0, 0.1) is 12.7 Å². The molecule has 0 saturated carbocycles. The average molecular weight is 298 g/mol. The first-order valence-corrected chi connectivity index (χ1v) is 6.44. The van der Waals surface area contributed by atoms with Crippen molar-refractivity contribution < 1.29 is 14.3 Å². The van der Waals surface area contributed by atoms with Crippen molar-refractivity contribution in [3.05, 3.63) is 59.8 Å². The smallest absolute Gasteiger partial charge is 0.358 e. The number of carboxylic acid groups (broad SMARTS) is 1. The SMILES string of the molecule is Cc1ccc(F)c(-n2nnc(C(=O)O)c2-c2ccncc2)c1. The van der Waals surface area contributed by atoms with Crippen LogP contribution in [0.5, 0.6) is 0 Å². The number of aromatic carboxylic acids is 1. The van der Waals surface area contributed by atoms with Crippen LogP contribution in [0.15, 0.2) is 42.7 Å². The molecule has 1 aromatic carbocycles. The normalized spacial score (nSPS) is 10.6. The lowest BCUT2D eigenvalue weighted by molar-refractivity contribution is 0.0691. The van der Waals surface area contributed by atoms with Crippen LogP contribution in [0.4, 0.5) is 4.39 Å². The molecule has 0 saturated heterocycles. The van der Waals surface area contributed by atoms with E-state index >= 15 is 0 Å². The second-order valence-electron chi connectivity index (χ2n) is 4.69. The van der Waals surface area contributed by atoms with Crippen molar-refractivity contribution in [2.45, 2.75) is 6.92 Å². The van der Waals surface area contributed by atoms with Gasteiger partial charge in [0.15, 0.2) is 5.69 Å². The van der Waals surface area contributed by atoms with E-state index in [4.69, 9.17) is 0 Å². The lowest BCUT2D eigenvalue weighted by Gasteiger charge is -2.09. The van der Waals surface area contributed by atoms with Crippen LogP contribution < -0.4 is 0 Å². The minimum atomic E-state index is -1.23. The van der Waals surface area contributed by atoms with Crippen LogP contribution in [-0.4, -0.2) is 31.1 Å². The summed E-state index contributed by atoms with van der Waals surface area (Å²) in [5, 5.41) is 16.8. The number of nitrogens with zero attached hydrogens (tertiary/aromatic N) is 4. The summed E-state index contributed by atoms with van der Waals surface area (Å²) >= 11 is 0. The topological polar surface area (TPSA) is 80.9 Å². The third-order valence-corrected chi connectivity index (χ3v) is 3.16. The van der Waals surface area contributed by atoms with Crippen molar-refractivity contribution >= 4 is 5.97 Å². The Kier molecular flexibility index (Phi) is 3.38. The van der Waals surface area contributed by atoms with E-state index in [0.29, 0.717) is 5.56 Å². The quantitative estimate of drug-likeness (QED) is 0.803. The molecular weight excluding hydrogens is 287 g/mol. The molecular formula is C15H11FN4O2. The van der Waals surface area contributed by atoms with Gasteiger partial charge >= 0.3 is 5.97 Å². The molecule has 110 valence electrons. The second-order valence-corrected chi connectivity index (χ2v) is 4.69. The Morgan fingerprint density at radius 1 is 1.23 bits per heavy atom. The molecule has 0 bridgehead atoms. The van der Waals surface area contributed by atoms with Crippen LogP contribution in [-0.2, 0) is 0 Å². The first-order valence-electron chi connectivity index (χ1n) is 6.44. The lowest BCUT2D eigenvalue weighted by atomic mass is 10.1. The van der Waals surface area contributed by atoms with Gasteiger partial charge in [0.2, 0.25) is 0 Å². The minimum absolute atomic E-state index is 0.145. The summed E-state index contributed by atoms with van der Waals surface area (Å²) in [7, 11) is 0. The fourth-order valence-electron chi connectivity index (χ4n) is 2.15. The second kappa shape index (κ2) is 5.36. The lowest BCUT2D eigenvalue weighted by Crippen LogP contribution is -2.05. The van der Waals surface area contributed by atoms with Gasteiger partial charge in [0.25, 0.3) is 0 Å². The van der Waals surface area contributed by atoms with E-state index in [1.807, 2.05) is 6.92 Å². The van der Waals surface area contributed by atoms with E-state index in [1.54, 1.807) is 24.3 Å². The number of aryl methyl sites for hydroxylation is 1. The molecule has 3 aromatic rings. The predicted octanol–water partition coefficient (Wildman–Crippen LogP) is 2.48. The van der Waals surface area contributed by atoms with Gasteiger partial charge in [0.1, 0.15) is 17.2 Å². The van der Waals surface area contributed by atoms with E-state index in [9.17, 15) is 14.3 Å². The number of pyridine rings is 1. The van der Waals surface area contributed by atoms with E-state index in [0.717, 1.165) is 5.56 Å². The van der Waals surface area contributed by atoms with E-state index in [1.165, 1.54) is 23.1 Å². The molecule has 0 aliphatic carbocycles. The molecule has 2 aromatic heterocycles. The summed E-state index contributed by atoms with van der Waals surface area (Å²) < 4.78 is 15.3. The number of carboxylic acids is 1. The monoisotopic (exact) mass is 298 g/mol. The average Bonchev–Trinajstić information content (AvgIpc) is 2.95. The largest absolute Gasteiger partial charge is 0.476 e. The highest BCUT2D eigenvalue weighted by Gasteiger charge is 2.22. The van der Waals surface area contributed by atoms with Gasteiger partial charge in [-0.3, -0.25) is 4.98 Å². The fourth-order valence-corrected chi connectivity index (χ4v) is 2.15. The van der Waals surface area contributed by atoms with Crippen LogP contribution in [0.1, 0.15) is 16.1 Å². The van der Waals surface area contributed by atoms with E-state index < -0.39 is 11.8 Å². The Bertz CT molecular complexity index is 846. The maximum Gasteiger partial charge on any atom is 0.358 e. The zero-order valence-corrected chi connectivity index (χ0v) is 11.6. The zero-order chi connectivity index (χ0) is 15.7. The summed E-state index contributed by atoms with van der Waals surface area (Å²) in [6, 6.07) is 7.76. The third kappa shape index (κ3) is 2.32. The summed E-state index contributed by atoms with van der Waals surface area (Å²) in [4.78, 5) is 15.3. The van der Waals surface area contributed by atoms with Crippen molar-refractivity contribution in [1.29, 1.82) is 0 Å². The Morgan fingerprint density at radius 3 is 2.64 bits per heavy atom. The van der Waals surface area contributed by atoms with Crippen LogP contribution in [0.25, 0.3) is 16.9 Å². The Balaban J connectivity index is 2.30. The third-order valence-electron chi connectivity index (χ3n) is 3.16. The Hall–Kier alpha value is -3.09. The van der Waals surface area contributed by atoms with Crippen molar-refractivity contribution in [2.75, 3.05) is 0 Å². The van der Waals surface area contributed by atoms with Crippen molar-refractivity contribution in [1.82, 2.24) is 20.0 Å². The number of aromatic nitrogens is 4. The Labute approximate surface area is 124 Å². The Morgan fingerprint density at radius 2 is 1.95 bits per heavy atom. The van der Waals surface area contributed by atoms with Gasteiger partial charge in [-0.05, 0) is 36.8 Å². The van der Waals surface area contributed by atoms with E-state index in [-0.39, 0.29) is 17.1 Å². The number of hydrogen-bond donors (Lipinski definition) is 1. The summed E-state index contributed by atoms with van der Waals surface area (Å²) in [5.41, 5.74) is 1.47. The highest BCUT2D eigenvalue weighted by atomic mass is 19.1. The van der Waals surface area contributed by atoms with Crippen molar-refractivity contribution in [2.24, 2.45) is 0 Å². The van der Waals surface area contributed by atoms with Crippen LogP contribution in [0.2, 0.25) is 0 Å². The van der Waals surface area contributed by atoms with Crippen LogP contribution in [0.3, 0.4) is 0 Å². The first kappa shape index (κ1) is 13.9. The molecule has 0 fully saturated rings. The summed E-state index contributed by atoms with van der Waals surface area (Å²) in [6.07, 6.45) is 3.04. The van der Waals surface area contributed by atoms with Gasteiger partial charge in [0.05, 0.1) is 0 Å². The molecule has 7 heteroatoms. The van der Waals surface area contributed by atoms with E-state index in [2.05, 4.69) is 15.3 Å². The highest BCUT2D eigenvalue weighted by molar-refractivity contribution is 5.93. The number of carbonyl (C=O) groups is 1. The maximum atomic E-state index is 14.1. The molecule has 2 heterocycles. The van der Waals surface area contributed by atoms with Crippen LogP contribution >= 0.6 is 0 Å². The molecule has 6 nitrogen and oxygen atoms in total. The number of rotatable bonds is 3. The van der Waals surface area contributed by atoms with Gasteiger partial charge in [-0.2, -0.15) is 0 Å². The van der Waals surface area contributed by atoms with Gasteiger partial charge in [0, 0.05) is 18.0 Å².